The lowest BCUT2D eigenvalue weighted by Crippen LogP contribution is -2.36. The summed E-state index contributed by atoms with van der Waals surface area (Å²) < 4.78 is 0. The van der Waals surface area contributed by atoms with E-state index in [9.17, 15) is 4.79 Å². The number of carbonyl (C=O) groups excluding carboxylic acids is 1. The average Bonchev–Trinajstić information content (AvgIpc) is 2.84. The van der Waals surface area contributed by atoms with Gasteiger partial charge >= 0.3 is 6.03 Å². The molecule has 96 valence electrons. The van der Waals surface area contributed by atoms with Crippen molar-refractivity contribution in [2.75, 3.05) is 19.6 Å². The molecule has 0 bridgehead atoms. The summed E-state index contributed by atoms with van der Waals surface area (Å²) in [5, 5.41) is 7.02. The molecule has 0 aliphatic carbocycles. The van der Waals surface area contributed by atoms with Crippen LogP contribution >= 0.6 is 11.8 Å². The first-order chi connectivity index (χ1) is 8.75. The maximum absolute atomic E-state index is 10.5. The highest BCUT2D eigenvalue weighted by molar-refractivity contribution is 8.14. The van der Waals surface area contributed by atoms with E-state index in [1.54, 1.807) is 11.8 Å². The van der Waals surface area contributed by atoms with E-state index in [0.29, 0.717) is 18.3 Å². The number of amides is 2. The van der Waals surface area contributed by atoms with Crippen molar-refractivity contribution in [3.05, 3.63) is 35.9 Å². The maximum atomic E-state index is 10.5. The smallest absolute Gasteiger partial charge is 0.312 e. The molecule has 2 rings (SSSR count). The van der Waals surface area contributed by atoms with E-state index >= 15 is 0 Å². The minimum Gasteiger partial charge on any atom is -0.363 e. The van der Waals surface area contributed by atoms with Crippen LogP contribution in [-0.4, -0.2) is 30.8 Å². The van der Waals surface area contributed by atoms with Gasteiger partial charge in [0.25, 0.3) is 0 Å². The Balaban J connectivity index is 1.73. The molecule has 1 aliphatic rings. The summed E-state index contributed by atoms with van der Waals surface area (Å²) in [6.07, 6.45) is 0. The van der Waals surface area contributed by atoms with Crippen molar-refractivity contribution in [1.82, 2.24) is 10.6 Å². The van der Waals surface area contributed by atoms with Gasteiger partial charge in [-0.25, -0.2) is 4.79 Å². The number of benzene rings is 1. The van der Waals surface area contributed by atoms with Gasteiger partial charge in [-0.3, -0.25) is 4.99 Å². The van der Waals surface area contributed by atoms with E-state index in [1.807, 2.05) is 18.2 Å². The van der Waals surface area contributed by atoms with Crippen LogP contribution in [0.15, 0.2) is 35.3 Å². The first-order valence-corrected chi connectivity index (χ1v) is 6.67. The van der Waals surface area contributed by atoms with Gasteiger partial charge in [0.15, 0.2) is 5.17 Å². The van der Waals surface area contributed by atoms with Gasteiger partial charge in [0.05, 0.1) is 11.8 Å². The Hall–Kier alpha value is -1.69. The lowest BCUT2D eigenvalue weighted by molar-refractivity contribution is 0.249. The van der Waals surface area contributed by atoms with Gasteiger partial charge in [-0.15, -0.1) is 0 Å². The Morgan fingerprint density at radius 2 is 2.17 bits per heavy atom. The molecule has 4 N–H and O–H groups in total. The number of hydrogen-bond acceptors (Lipinski definition) is 4. The van der Waals surface area contributed by atoms with Crippen molar-refractivity contribution < 1.29 is 4.79 Å². The summed E-state index contributed by atoms with van der Waals surface area (Å²) in [4.78, 5) is 14.9. The van der Waals surface area contributed by atoms with Crippen molar-refractivity contribution in [3.8, 4) is 0 Å². The molecule has 0 spiro atoms. The van der Waals surface area contributed by atoms with E-state index < -0.39 is 6.03 Å². The number of amidine groups is 1. The van der Waals surface area contributed by atoms with Crippen molar-refractivity contribution in [1.29, 1.82) is 0 Å². The minimum absolute atomic E-state index is 0.387. The number of hydrogen-bond donors (Lipinski definition) is 3. The minimum atomic E-state index is -0.500. The zero-order valence-electron chi connectivity index (χ0n) is 9.93. The molecule has 18 heavy (non-hydrogen) atoms. The molecule has 6 heteroatoms. The van der Waals surface area contributed by atoms with Crippen LogP contribution in [0.1, 0.15) is 10.8 Å². The molecule has 2 amide bonds. The first-order valence-electron chi connectivity index (χ1n) is 5.79. The third kappa shape index (κ3) is 3.66. The second-order valence-corrected chi connectivity index (χ2v) is 5.07. The average molecular weight is 264 g/mol. The summed E-state index contributed by atoms with van der Waals surface area (Å²) >= 11 is 1.72. The zero-order chi connectivity index (χ0) is 12.8. The maximum Gasteiger partial charge on any atom is 0.312 e. The van der Waals surface area contributed by atoms with Gasteiger partial charge in [-0.2, -0.15) is 0 Å². The van der Waals surface area contributed by atoms with Crippen LogP contribution in [0, 0.1) is 0 Å². The van der Waals surface area contributed by atoms with Crippen LogP contribution in [0.2, 0.25) is 0 Å². The molecular formula is C12H16N4OS. The first kappa shape index (κ1) is 12.8. The molecule has 1 aromatic carbocycles. The number of nitrogens with two attached hydrogens (primary N) is 1. The summed E-state index contributed by atoms with van der Waals surface area (Å²) in [7, 11) is 0. The van der Waals surface area contributed by atoms with E-state index in [1.165, 1.54) is 5.56 Å². The molecule has 0 fully saturated rings. The number of carbonyl (C=O) groups is 1. The van der Waals surface area contributed by atoms with Gasteiger partial charge in [0.1, 0.15) is 0 Å². The normalized spacial score (nSPS) is 18.2. The highest BCUT2D eigenvalue weighted by Crippen LogP contribution is 2.33. The fourth-order valence-electron chi connectivity index (χ4n) is 1.67. The molecular weight excluding hydrogens is 248 g/mol. The van der Waals surface area contributed by atoms with Gasteiger partial charge in [-0.05, 0) is 5.56 Å². The third-order valence-electron chi connectivity index (χ3n) is 2.53. The van der Waals surface area contributed by atoms with Crippen molar-refractivity contribution in [2.45, 2.75) is 5.25 Å². The number of rotatable bonds is 4. The summed E-state index contributed by atoms with van der Waals surface area (Å²) in [6.45, 7) is 1.93. The molecule has 1 heterocycles. The van der Waals surface area contributed by atoms with E-state index in [4.69, 9.17) is 5.73 Å². The lowest BCUT2D eigenvalue weighted by atomic mass is 10.1. The van der Waals surface area contributed by atoms with Crippen LogP contribution in [0.5, 0.6) is 0 Å². The fourth-order valence-corrected chi connectivity index (χ4v) is 2.72. The van der Waals surface area contributed by atoms with Crippen LogP contribution in [0.4, 0.5) is 4.79 Å². The Morgan fingerprint density at radius 1 is 1.39 bits per heavy atom. The Labute approximate surface area is 110 Å². The Kier molecular flexibility index (Phi) is 4.46. The van der Waals surface area contributed by atoms with E-state index in [0.717, 1.165) is 11.7 Å². The lowest BCUT2D eigenvalue weighted by Gasteiger charge is -2.09. The van der Waals surface area contributed by atoms with E-state index in [-0.39, 0.29) is 0 Å². The predicted octanol–water partition coefficient (Wildman–Crippen LogP) is 1.09. The van der Waals surface area contributed by atoms with Crippen molar-refractivity contribution in [3.63, 3.8) is 0 Å². The number of nitrogens with zero attached hydrogens (tertiary/aromatic N) is 1. The number of aliphatic imine (C=N–C) groups is 1. The number of nitrogens with one attached hydrogen (secondary N) is 2. The highest BCUT2D eigenvalue weighted by atomic mass is 32.2. The van der Waals surface area contributed by atoms with Gasteiger partial charge in [0.2, 0.25) is 0 Å². The largest absolute Gasteiger partial charge is 0.363 e. The predicted molar refractivity (Wildman–Crippen MR) is 74.7 cm³/mol. The molecule has 0 radical (unpaired) electrons. The van der Waals surface area contributed by atoms with E-state index in [2.05, 4.69) is 27.8 Å². The molecule has 1 unspecified atom stereocenters. The van der Waals surface area contributed by atoms with Gasteiger partial charge < -0.3 is 16.4 Å². The number of thioether (sulfide) groups is 1. The number of primary amides is 1. The van der Waals surface area contributed by atoms with Crippen molar-refractivity contribution in [2.24, 2.45) is 10.7 Å². The molecule has 1 aliphatic heterocycles. The van der Waals surface area contributed by atoms with Crippen LogP contribution in [0.25, 0.3) is 0 Å². The van der Waals surface area contributed by atoms with Crippen LogP contribution < -0.4 is 16.4 Å². The molecule has 5 nitrogen and oxygen atoms in total. The summed E-state index contributed by atoms with van der Waals surface area (Å²) in [5.41, 5.74) is 6.26. The number of urea groups is 1. The topological polar surface area (TPSA) is 79.5 Å². The monoisotopic (exact) mass is 264 g/mol. The molecule has 0 saturated heterocycles. The van der Waals surface area contributed by atoms with Crippen LogP contribution in [0.3, 0.4) is 0 Å². The quantitative estimate of drug-likeness (QED) is 0.712. The zero-order valence-corrected chi connectivity index (χ0v) is 10.7. The second-order valence-electron chi connectivity index (χ2n) is 3.88. The third-order valence-corrected chi connectivity index (χ3v) is 3.73. The highest BCUT2D eigenvalue weighted by Gasteiger charge is 2.20. The standard InChI is InChI=1S/C12H16N4OS/c13-11(17)14-6-7-15-12-16-8-10(18-12)9-4-2-1-3-5-9/h1-5,10H,6-8H2,(H,15,16)(H3,13,14,17). The van der Waals surface area contributed by atoms with Crippen molar-refractivity contribution >= 4 is 23.0 Å². The van der Waals surface area contributed by atoms with Crippen LogP contribution in [-0.2, 0) is 0 Å². The molecule has 0 aromatic heterocycles. The van der Waals surface area contributed by atoms with Gasteiger partial charge in [-0.1, -0.05) is 42.1 Å². The second kappa shape index (κ2) is 6.30. The Bertz CT molecular complexity index is 435. The molecule has 1 atom stereocenters. The molecule has 1 aromatic rings. The fraction of sp³-hybridized carbons (Fsp3) is 0.333. The van der Waals surface area contributed by atoms with Gasteiger partial charge in [0, 0.05) is 13.1 Å². The summed E-state index contributed by atoms with van der Waals surface area (Å²) in [5.74, 6) is 0. The summed E-state index contributed by atoms with van der Waals surface area (Å²) in [6, 6.07) is 9.82. The molecule has 0 saturated carbocycles. The Morgan fingerprint density at radius 3 is 2.89 bits per heavy atom. The SMILES string of the molecule is NC(=O)NCCNC1=NCC(c2ccccc2)S1.